The van der Waals surface area contributed by atoms with Crippen molar-refractivity contribution in [3.63, 3.8) is 0 Å². The zero-order valence-corrected chi connectivity index (χ0v) is 8.72. The summed E-state index contributed by atoms with van der Waals surface area (Å²) in [6.45, 7) is 3.47. The molecule has 0 unspecified atom stereocenters. The molecular weight excluding hydrogens is 299 g/mol. The molecule has 13 heteroatoms. The van der Waals surface area contributed by atoms with Gasteiger partial charge in [0.15, 0.2) is 0 Å². The van der Waals surface area contributed by atoms with Gasteiger partial charge in [-0.3, -0.25) is 23.5 Å². The van der Waals surface area contributed by atoms with Crippen molar-refractivity contribution in [3.8, 4) is 0 Å². The maximum absolute atomic E-state index is 8.74. The number of hydrogen-bond donors (Lipinski definition) is 5. The molecule has 0 saturated carbocycles. The summed E-state index contributed by atoms with van der Waals surface area (Å²) in [4.78, 5) is 3.57. The van der Waals surface area contributed by atoms with Crippen molar-refractivity contribution in [1.29, 1.82) is 0 Å². The van der Waals surface area contributed by atoms with Crippen LogP contribution in [0, 0.1) is 0 Å². The summed E-state index contributed by atoms with van der Waals surface area (Å²) in [5.41, 5.74) is 0. The molecule has 0 saturated heterocycles. The molecule has 0 aromatic heterocycles. The molecule has 0 atom stereocenters. The van der Waals surface area contributed by atoms with Crippen LogP contribution < -0.4 is 0 Å². The zero-order valence-electron chi connectivity index (χ0n) is 7.09. The average molecular weight is 310 g/mol. The van der Waals surface area contributed by atoms with E-state index in [1.807, 2.05) is 0 Å². The van der Waals surface area contributed by atoms with Crippen LogP contribution in [0.15, 0.2) is 12.7 Å². The Labute approximate surface area is 135 Å². The van der Waals surface area contributed by atoms with E-state index >= 15 is 0 Å². The van der Waals surface area contributed by atoms with Crippen LogP contribution in [-0.2, 0) is 25.7 Å². The standard InChI is InChI=1S/C3H6O2.K.2H2O4S.H/c1-2-3-5-4;;2*1-5(2,3)4;/h2,4H,1,3H2;;2*(H2,1,2,3,4);. The average Bonchev–Trinajstić information content (AvgIpc) is 1.80. The summed E-state index contributed by atoms with van der Waals surface area (Å²) in [6, 6.07) is 0. The molecule has 5 N–H and O–H groups in total. The summed E-state index contributed by atoms with van der Waals surface area (Å²) in [5, 5.41) is 7.50. The quantitative estimate of drug-likeness (QED) is 0.135. The summed E-state index contributed by atoms with van der Waals surface area (Å²) in [6.07, 6.45) is 1.46. The van der Waals surface area contributed by atoms with Crippen LogP contribution in [0.4, 0.5) is 0 Å². The summed E-state index contributed by atoms with van der Waals surface area (Å²) in [7, 11) is -9.33. The van der Waals surface area contributed by atoms with Crippen LogP contribution in [0.3, 0.4) is 0 Å². The van der Waals surface area contributed by atoms with Gasteiger partial charge in [-0.2, -0.15) is 16.8 Å². The van der Waals surface area contributed by atoms with Crippen LogP contribution in [0.5, 0.6) is 0 Å². The van der Waals surface area contributed by atoms with Crippen LogP contribution in [0.2, 0.25) is 0 Å². The normalized spacial score (nSPS) is 9.56. The third-order valence-electron chi connectivity index (χ3n) is 0.192. The van der Waals surface area contributed by atoms with Crippen LogP contribution in [0.25, 0.3) is 0 Å². The van der Waals surface area contributed by atoms with Crippen LogP contribution in [0.1, 0.15) is 0 Å². The predicted molar refractivity (Wildman–Crippen MR) is 54.3 cm³/mol. The van der Waals surface area contributed by atoms with Crippen LogP contribution >= 0.6 is 0 Å². The molecule has 0 aromatic carbocycles. The van der Waals surface area contributed by atoms with Crippen molar-refractivity contribution in [3.05, 3.63) is 12.7 Å². The van der Waals surface area contributed by atoms with E-state index in [1.54, 1.807) is 0 Å². The van der Waals surface area contributed by atoms with Gasteiger partial charge in [-0.15, -0.1) is 6.58 Å². The van der Waals surface area contributed by atoms with Crippen molar-refractivity contribution < 1.29 is 45.2 Å². The first-order valence-electron chi connectivity index (χ1n) is 2.68. The molecule has 0 amide bonds. The van der Waals surface area contributed by atoms with E-state index in [-0.39, 0.29) is 58.0 Å². The molecule has 0 rings (SSSR count). The Bertz CT molecular complexity index is 283. The van der Waals surface area contributed by atoms with E-state index in [0.717, 1.165) is 0 Å². The molecule has 0 fully saturated rings. The van der Waals surface area contributed by atoms with Gasteiger partial charge in [-0.25, -0.2) is 4.89 Å². The van der Waals surface area contributed by atoms with Gasteiger partial charge >= 0.3 is 72.2 Å². The van der Waals surface area contributed by atoms with Crippen molar-refractivity contribution >= 4 is 72.2 Å². The third kappa shape index (κ3) is 321. The predicted octanol–water partition coefficient (Wildman–Crippen LogP) is -1.29. The van der Waals surface area contributed by atoms with E-state index in [0.29, 0.717) is 0 Å². The molecule has 0 heterocycles. The van der Waals surface area contributed by atoms with Crippen molar-refractivity contribution in [2.45, 2.75) is 0 Å². The molecule has 0 spiro atoms. The van der Waals surface area contributed by atoms with Gasteiger partial charge in [0.05, 0.1) is 6.61 Å². The number of hydrogen-bond acceptors (Lipinski definition) is 6. The fourth-order valence-electron chi connectivity index (χ4n) is 0.0527. The first-order chi connectivity index (χ1) is 6.41. The maximum atomic E-state index is 8.74. The molecule has 0 aliphatic rings. The van der Waals surface area contributed by atoms with Gasteiger partial charge in [-0.1, -0.05) is 6.08 Å². The topological polar surface area (TPSA) is 179 Å². The van der Waals surface area contributed by atoms with Crippen LogP contribution in [-0.4, -0.2) is 98.3 Å². The molecule has 0 bridgehead atoms. The van der Waals surface area contributed by atoms with Gasteiger partial charge in [0, 0.05) is 0 Å². The molecule has 0 aliphatic heterocycles. The first-order valence-corrected chi connectivity index (χ1v) is 5.48. The van der Waals surface area contributed by atoms with E-state index < -0.39 is 20.8 Å². The number of rotatable bonds is 2. The Balaban J connectivity index is -0.0000000655. The van der Waals surface area contributed by atoms with Crippen molar-refractivity contribution in [2.75, 3.05) is 6.61 Å². The summed E-state index contributed by atoms with van der Waals surface area (Å²) < 4.78 is 63.2. The molecule has 0 aromatic rings. The Morgan fingerprint density at radius 3 is 1.19 bits per heavy atom. The second kappa shape index (κ2) is 14.1. The first kappa shape index (κ1) is 25.8. The second-order valence-corrected chi connectivity index (χ2v) is 3.27. The van der Waals surface area contributed by atoms with Crippen molar-refractivity contribution in [2.24, 2.45) is 0 Å². The van der Waals surface area contributed by atoms with E-state index in [1.165, 1.54) is 6.08 Å². The monoisotopic (exact) mass is 310 g/mol. The third-order valence-corrected chi connectivity index (χ3v) is 0.192. The summed E-state index contributed by atoms with van der Waals surface area (Å²) >= 11 is 0. The van der Waals surface area contributed by atoms with Gasteiger partial charge in [0.1, 0.15) is 0 Å². The molecule has 16 heavy (non-hydrogen) atoms. The zero-order chi connectivity index (χ0) is 13.1. The molecular formula is C3H11KO10S2. The van der Waals surface area contributed by atoms with E-state index in [4.69, 9.17) is 40.3 Å². The molecule has 96 valence electrons. The Morgan fingerprint density at radius 1 is 1.00 bits per heavy atom. The van der Waals surface area contributed by atoms with Gasteiger partial charge < -0.3 is 0 Å². The fourth-order valence-corrected chi connectivity index (χ4v) is 0.0527. The minimum atomic E-state index is -4.67. The Kier molecular flexibility index (Phi) is 22.7. The molecule has 0 aliphatic carbocycles. The fraction of sp³-hybridized carbons (Fsp3) is 0.333. The van der Waals surface area contributed by atoms with Crippen molar-refractivity contribution in [1.82, 2.24) is 0 Å². The molecule has 10 nitrogen and oxygen atoms in total. The second-order valence-electron chi connectivity index (χ2n) is 1.48. The summed E-state index contributed by atoms with van der Waals surface area (Å²) in [5.74, 6) is 0. The van der Waals surface area contributed by atoms with E-state index in [9.17, 15) is 0 Å². The van der Waals surface area contributed by atoms with Gasteiger partial charge in [0.25, 0.3) is 0 Å². The van der Waals surface area contributed by atoms with E-state index in [2.05, 4.69) is 11.5 Å². The Hall–Kier alpha value is 1.04. The SMILES string of the molecule is C=CCOO.O=S(=O)(O)O.O=S(=O)(O)O.[KH]. The molecule has 0 radical (unpaired) electrons. The Morgan fingerprint density at radius 2 is 1.19 bits per heavy atom. The van der Waals surface area contributed by atoms with Gasteiger partial charge in [-0.05, 0) is 0 Å². The van der Waals surface area contributed by atoms with Gasteiger partial charge in [0.2, 0.25) is 0 Å². The minimum absolute atomic E-state index is 0.